The van der Waals surface area contributed by atoms with Crippen molar-refractivity contribution in [1.82, 2.24) is 10.3 Å². The first-order valence-corrected chi connectivity index (χ1v) is 7.52. The van der Waals surface area contributed by atoms with Gasteiger partial charge in [-0.1, -0.05) is 17.7 Å². The van der Waals surface area contributed by atoms with Crippen LogP contribution in [0.5, 0.6) is 0 Å². The predicted octanol–water partition coefficient (Wildman–Crippen LogP) is 3.00. The molecule has 21 heavy (non-hydrogen) atoms. The van der Waals surface area contributed by atoms with Crippen LogP contribution < -0.4 is 10.6 Å². The molecule has 0 aliphatic rings. The van der Waals surface area contributed by atoms with E-state index in [-0.39, 0.29) is 24.3 Å². The largest absolute Gasteiger partial charge is 0.348 e. The Balaban J connectivity index is 2.01. The highest BCUT2D eigenvalue weighted by Gasteiger charge is 2.18. The van der Waals surface area contributed by atoms with Gasteiger partial charge in [0, 0.05) is 18.0 Å². The summed E-state index contributed by atoms with van der Waals surface area (Å²) < 4.78 is 0. The number of carbonyl (C=O) groups is 2. The van der Waals surface area contributed by atoms with Gasteiger partial charge in [-0.25, -0.2) is 4.98 Å². The van der Waals surface area contributed by atoms with E-state index in [0.717, 1.165) is 4.88 Å². The van der Waals surface area contributed by atoms with Crippen LogP contribution >= 0.6 is 22.9 Å². The molecular weight excluding hydrogens is 310 g/mol. The highest BCUT2D eigenvalue weighted by Crippen LogP contribution is 2.22. The molecule has 7 heteroatoms. The SMILES string of the molecule is CC(=O)N[C@H](CC(=O)Nc1ccc(Cl)cn1)c1cccs1. The second kappa shape index (κ2) is 7.19. The van der Waals surface area contributed by atoms with E-state index in [1.807, 2.05) is 17.5 Å². The van der Waals surface area contributed by atoms with Crippen molar-refractivity contribution >= 4 is 40.6 Å². The Morgan fingerprint density at radius 1 is 1.38 bits per heavy atom. The van der Waals surface area contributed by atoms with E-state index in [0.29, 0.717) is 10.8 Å². The van der Waals surface area contributed by atoms with Crippen molar-refractivity contribution in [2.24, 2.45) is 0 Å². The summed E-state index contributed by atoms with van der Waals surface area (Å²) in [6, 6.07) is 6.70. The fraction of sp³-hybridized carbons (Fsp3) is 0.214. The number of halogens is 1. The molecule has 2 N–H and O–H groups in total. The molecule has 2 amide bonds. The smallest absolute Gasteiger partial charge is 0.227 e. The monoisotopic (exact) mass is 323 g/mol. The maximum Gasteiger partial charge on any atom is 0.227 e. The molecule has 0 spiro atoms. The van der Waals surface area contributed by atoms with Crippen LogP contribution in [0.4, 0.5) is 5.82 Å². The normalized spacial score (nSPS) is 11.7. The molecule has 0 fully saturated rings. The van der Waals surface area contributed by atoms with E-state index in [4.69, 9.17) is 11.6 Å². The molecule has 0 unspecified atom stereocenters. The fourth-order valence-corrected chi connectivity index (χ4v) is 2.68. The Morgan fingerprint density at radius 3 is 2.76 bits per heavy atom. The number of carbonyl (C=O) groups excluding carboxylic acids is 2. The van der Waals surface area contributed by atoms with Crippen LogP contribution in [0.3, 0.4) is 0 Å². The molecule has 0 aliphatic heterocycles. The lowest BCUT2D eigenvalue weighted by Crippen LogP contribution is -2.29. The number of anilines is 1. The zero-order chi connectivity index (χ0) is 15.2. The summed E-state index contributed by atoms with van der Waals surface area (Å²) in [6.45, 7) is 1.43. The topological polar surface area (TPSA) is 71.1 Å². The highest BCUT2D eigenvalue weighted by molar-refractivity contribution is 7.10. The Kier molecular flexibility index (Phi) is 5.30. The summed E-state index contributed by atoms with van der Waals surface area (Å²) in [5, 5.41) is 7.86. The van der Waals surface area contributed by atoms with E-state index in [9.17, 15) is 9.59 Å². The number of nitrogens with one attached hydrogen (secondary N) is 2. The Labute approximate surface area is 131 Å². The minimum Gasteiger partial charge on any atom is -0.348 e. The van der Waals surface area contributed by atoms with Crippen molar-refractivity contribution in [2.45, 2.75) is 19.4 Å². The molecule has 0 saturated carbocycles. The van der Waals surface area contributed by atoms with E-state index in [1.165, 1.54) is 24.5 Å². The van der Waals surface area contributed by atoms with Crippen LogP contribution in [0, 0.1) is 0 Å². The number of hydrogen-bond donors (Lipinski definition) is 2. The highest BCUT2D eigenvalue weighted by atomic mass is 35.5. The number of aromatic nitrogens is 1. The van der Waals surface area contributed by atoms with Gasteiger partial charge in [0.2, 0.25) is 11.8 Å². The number of amides is 2. The summed E-state index contributed by atoms with van der Waals surface area (Å²) in [5.41, 5.74) is 0. The molecule has 1 atom stereocenters. The zero-order valence-corrected chi connectivity index (χ0v) is 12.9. The van der Waals surface area contributed by atoms with Crippen LogP contribution in [0.1, 0.15) is 24.3 Å². The van der Waals surface area contributed by atoms with Gasteiger partial charge in [-0.3, -0.25) is 9.59 Å². The average molecular weight is 324 g/mol. The molecular formula is C14H14ClN3O2S. The Hall–Kier alpha value is -1.92. The summed E-state index contributed by atoms with van der Waals surface area (Å²) in [6.07, 6.45) is 1.60. The standard InChI is InChI=1S/C14H14ClN3O2S/c1-9(19)17-11(12-3-2-6-21-12)7-14(20)18-13-5-4-10(15)8-16-13/h2-6,8,11H,7H2,1H3,(H,17,19)(H,16,18,20)/t11-/m1/s1. The fourth-order valence-electron chi connectivity index (χ4n) is 1.79. The maximum absolute atomic E-state index is 12.1. The quantitative estimate of drug-likeness (QED) is 0.888. The van der Waals surface area contributed by atoms with Crippen molar-refractivity contribution in [3.05, 3.63) is 45.7 Å². The Bertz CT molecular complexity index is 614. The van der Waals surface area contributed by atoms with E-state index in [2.05, 4.69) is 15.6 Å². The van der Waals surface area contributed by atoms with Gasteiger partial charge in [0.1, 0.15) is 5.82 Å². The first-order chi connectivity index (χ1) is 10.0. The third-order valence-corrected chi connectivity index (χ3v) is 3.86. The van der Waals surface area contributed by atoms with Crippen molar-refractivity contribution in [1.29, 1.82) is 0 Å². The van der Waals surface area contributed by atoms with Crippen molar-refractivity contribution < 1.29 is 9.59 Å². The molecule has 2 aromatic rings. The first-order valence-electron chi connectivity index (χ1n) is 6.26. The van der Waals surface area contributed by atoms with Gasteiger partial charge in [0.15, 0.2) is 0 Å². The predicted molar refractivity (Wildman–Crippen MR) is 83.4 cm³/mol. The average Bonchev–Trinajstić information content (AvgIpc) is 2.94. The van der Waals surface area contributed by atoms with Crippen molar-refractivity contribution in [3.63, 3.8) is 0 Å². The Morgan fingerprint density at radius 2 is 2.19 bits per heavy atom. The van der Waals surface area contributed by atoms with Crippen LogP contribution in [0.2, 0.25) is 5.02 Å². The van der Waals surface area contributed by atoms with Gasteiger partial charge in [0.25, 0.3) is 0 Å². The van der Waals surface area contributed by atoms with Gasteiger partial charge in [-0.2, -0.15) is 0 Å². The minimum atomic E-state index is -0.338. The number of hydrogen-bond acceptors (Lipinski definition) is 4. The van der Waals surface area contributed by atoms with Crippen LogP contribution in [0.25, 0.3) is 0 Å². The second-order valence-electron chi connectivity index (χ2n) is 4.38. The lowest BCUT2D eigenvalue weighted by atomic mass is 10.1. The summed E-state index contributed by atoms with van der Waals surface area (Å²) >= 11 is 7.23. The van der Waals surface area contributed by atoms with Gasteiger partial charge in [-0.15, -0.1) is 11.3 Å². The molecule has 110 valence electrons. The molecule has 0 saturated heterocycles. The molecule has 5 nitrogen and oxygen atoms in total. The van der Waals surface area contributed by atoms with E-state index >= 15 is 0 Å². The number of nitrogens with zero attached hydrogens (tertiary/aromatic N) is 1. The molecule has 0 aromatic carbocycles. The molecule has 2 rings (SSSR count). The van der Waals surface area contributed by atoms with Crippen LogP contribution in [-0.2, 0) is 9.59 Å². The van der Waals surface area contributed by atoms with Gasteiger partial charge in [0.05, 0.1) is 17.5 Å². The molecule has 0 radical (unpaired) electrons. The number of rotatable bonds is 5. The van der Waals surface area contributed by atoms with Gasteiger partial charge < -0.3 is 10.6 Å². The lowest BCUT2D eigenvalue weighted by Gasteiger charge is -2.16. The minimum absolute atomic E-state index is 0.143. The molecule has 0 bridgehead atoms. The third-order valence-electron chi connectivity index (χ3n) is 2.65. The molecule has 2 heterocycles. The lowest BCUT2D eigenvalue weighted by molar-refractivity contribution is -0.120. The maximum atomic E-state index is 12.1. The molecule has 2 aromatic heterocycles. The first kappa shape index (κ1) is 15.5. The number of pyridine rings is 1. The molecule has 0 aliphatic carbocycles. The van der Waals surface area contributed by atoms with Gasteiger partial charge >= 0.3 is 0 Å². The second-order valence-corrected chi connectivity index (χ2v) is 5.80. The van der Waals surface area contributed by atoms with E-state index in [1.54, 1.807) is 12.1 Å². The number of thiophene rings is 1. The zero-order valence-electron chi connectivity index (χ0n) is 11.3. The van der Waals surface area contributed by atoms with Crippen LogP contribution in [0.15, 0.2) is 35.8 Å². The summed E-state index contributed by atoms with van der Waals surface area (Å²) in [5.74, 6) is 0.0277. The van der Waals surface area contributed by atoms with Gasteiger partial charge in [-0.05, 0) is 23.6 Å². The summed E-state index contributed by atoms with van der Waals surface area (Å²) in [4.78, 5) is 28.3. The summed E-state index contributed by atoms with van der Waals surface area (Å²) in [7, 11) is 0. The third kappa shape index (κ3) is 4.84. The van der Waals surface area contributed by atoms with Crippen molar-refractivity contribution in [3.8, 4) is 0 Å². The van der Waals surface area contributed by atoms with Crippen LogP contribution in [-0.4, -0.2) is 16.8 Å². The van der Waals surface area contributed by atoms with E-state index < -0.39 is 0 Å². The van der Waals surface area contributed by atoms with Crippen molar-refractivity contribution in [2.75, 3.05) is 5.32 Å².